The van der Waals surface area contributed by atoms with Crippen molar-refractivity contribution in [2.75, 3.05) is 12.5 Å². The van der Waals surface area contributed by atoms with Gasteiger partial charge in [-0.2, -0.15) is 10.0 Å². The van der Waals surface area contributed by atoms with Crippen LogP contribution in [0.3, 0.4) is 0 Å². The van der Waals surface area contributed by atoms with E-state index in [0.717, 1.165) is 0 Å². The van der Waals surface area contributed by atoms with Crippen molar-refractivity contribution in [1.82, 2.24) is 0 Å². The van der Waals surface area contributed by atoms with Crippen LogP contribution in [0.1, 0.15) is 0 Å². The Morgan fingerprint density at radius 2 is 1.19 bits per heavy atom. The van der Waals surface area contributed by atoms with Crippen LogP contribution >= 0.6 is 21.8 Å². The number of hydrogen-bond donors (Lipinski definition) is 0. The minimum Gasteiger partial charge on any atom is -0.191 e. The Morgan fingerprint density at radius 3 is 1.69 bits per heavy atom. The van der Waals surface area contributed by atoms with Gasteiger partial charge in [-0.15, -0.1) is 0 Å². The lowest BCUT2D eigenvalue weighted by Crippen LogP contribution is -2.04. The Hall–Kier alpha value is -0.860. The summed E-state index contributed by atoms with van der Waals surface area (Å²) < 4.78 is 0. The summed E-state index contributed by atoms with van der Waals surface area (Å²) in [5.41, 5.74) is 0. The van der Waals surface area contributed by atoms with E-state index in [0.29, 0.717) is 0 Å². The molecule has 0 saturated heterocycles. The molecule has 0 N–H and O–H groups in total. The predicted molar refractivity (Wildman–Crippen MR) is 73.0 cm³/mol. The van der Waals surface area contributed by atoms with Crippen molar-refractivity contribution >= 4 is 21.8 Å². The molecule has 0 aliphatic carbocycles. The molecule has 0 fully saturated rings. The average Bonchev–Trinajstić information content (AvgIpc) is 2.29. The number of rotatable bonds is 0. The predicted octanol–water partition coefficient (Wildman–Crippen LogP) is 4.63. The molecular weight excluding hydrogens is 232 g/mol. The Kier molecular flexibility index (Phi) is 2.30. The van der Waals surface area contributed by atoms with Crippen molar-refractivity contribution < 1.29 is 0 Å². The normalized spacial score (nSPS) is 18.4. The molecule has 0 aromatic heterocycles. The van der Waals surface area contributed by atoms with Gasteiger partial charge in [0.25, 0.3) is 0 Å². The average molecular weight is 246 g/mol. The van der Waals surface area contributed by atoms with Crippen molar-refractivity contribution in [1.29, 1.82) is 0 Å². The Balaban J connectivity index is 2.28. The smallest absolute Gasteiger partial charge is 0.0246 e. The molecule has 0 nitrogen and oxygen atoms in total. The van der Waals surface area contributed by atoms with E-state index in [9.17, 15) is 0 Å². The fraction of sp³-hybridized carbons (Fsp3) is 0.143. The number of hydrogen-bond acceptors (Lipinski definition) is 1. The summed E-state index contributed by atoms with van der Waals surface area (Å²) in [5, 5.41) is 0. The Labute approximate surface area is 102 Å². The van der Waals surface area contributed by atoms with Gasteiger partial charge in [-0.1, -0.05) is 36.0 Å². The van der Waals surface area contributed by atoms with Crippen molar-refractivity contribution in [3.8, 4) is 0 Å². The summed E-state index contributed by atoms with van der Waals surface area (Å²) in [7, 11) is -0.822. The Morgan fingerprint density at radius 1 is 0.750 bits per heavy atom. The summed E-state index contributed by atoms with van der Waals surface area (Å²) in [6.45, 7) is 0. The summed E-state index contributed by atoms with van der Waals surface area (Å²) >= 11 is 1.91. The molecule has 0 bridgehead atoms. The molecule has 1 aliphatic heterocycles. The van der Waals surface area contributed by atoms with E-state index in [1.807, 2.05) is 11.8 Å². The maximum Gasteiger partial charge on any atom is 0.0246 e. The molecule has 16 heavy (non-hydrogen) atoms. The highest BCUT2D eigenvalue weighted by Crippen LogP contribution is 2.65. The van der Waals surface area contributed by atoms with Gasteiger partial charge in [0.2, 0.25) is 0 Å². The van der Waals surface area contributed by atoms with Crippen LogP contribution in [0.5, 0.6) is 0 Å². The van der Waals surface area contributed by atoms with Crippen molar-refractivity contribution in [3.05, 3.63) is 48.5 Å². The van der Waals surface area contributed by atoms with Crippen LogP contribution in [-0.4, -0.2) is 12.5 Å². The first kappa shape index (κ1) is 10.3. The SMILES string of the molecule is CS1(C)c2ccccc2Sc2ccccc21. The van der Waals surface area contributed by atoms with E-state index in [1.165, 1.54) is 19.6 Å². The zero-order valence-electron chi connectivity index (χ0n) is 9.44. The topological polar surface area (TPSA) is 0 Å². The highest BCUT2D eigenvalue weighted by atomic mass is 32.3. The lowest BCUT2D eigenvalue weighted by atomic mass is 10.3. The van der Waals surface area contributed by atoms with Crippen molar-refractivity contribution in [2.24, 2.45) is 0 Å². The number of benzene rings is 2. The summed E-state index contributed by atoms with van der Waals surface area (Å²) in [4.78, 5) is 5.92. The van der Waals surface area contributed by atoms with Gasteiger partial charge >= 0.3 is 0 Å². The standard InChI is InChI=1S/C14H14S2/c1-16(2)13-9-5-3-7-11(13)15-12-8-4-6-10-14(12)16/h3-10H,1-2H3. The largest absolute Gasteiger partial charge is 0.191 e. The van der Waals surface area contributed by atoms with Gasteiger partial charge in [0.05, 0.1) is 0 Å². The van der Waals surface area contributed by atoms with E-state index in [2.05, 4.69) is 61.0 Å². The quantitative estimate of drug-likeness (QED) is 0.653. The third-order valence-corrected chi connectivity index (χ3v) is 7.34. The van der Waals surface area contributed by atoms with Crippen molar-refractivity contribution in [3.63, 3.8) is 0 Å². The Bertz CT molecular complexity index is 496. The molecule has 0 saturated carbocycles. The number of fused-ring (bicyclic) bond motifs is 2. The molecule has 3 rings (SSSR count). The molecule has 0 atom stereocenters. The molecule has 82 valence electrons. The minimum absolute atomic E-state index is 0.822. The van der Waals surface area contributed by atoms with E-state index in [1.54, 1.807) is 0 Å². The van der Waals surface area contributed by atoms with Crippen molar-refractivity contribution in [2.45, 2.75) is 19.6 Å². The van der Waals surface area contributed by atoms with E-state index >= 15 is 0 Å². The first-order valence-corrected chi connectivity index (χ1v) is 8.55. The summed E-state index contributed by atoms with van der Waals surface area (Å²) in [6, 6.07) is 17.6. The van der Waals surface area contributed by atoms with Crippen LogP contribution in [0, 0.1) is 0 Å². The maximum absolute atomic E-state index is 2.39. The molecule has 0 amide bonds. The molecule has 1 heterocycles. The van der Waals surface area contributed by atoms with Crippen LogP contribution in [0.4, 0.5) is 0 Å². The third-order valence-electron chi connectivity index (χ3n) is 3.02. The third kappa shape index (κ3) is 1.40. The second-order valence-electron chi connectivity index (χ2n) is 4.32. The van der Waals surface area contributed by atoms with Crippen LogP contribution in [0.25, 0.3) is 0 Å². The summed E-state index contributed by atoms with van der Waals surface area (Å²) in [5.74, 6) is 0. The van der Waals surface area contributed by atoms with E-state index < -0.39 is 10.0 Å². The summed E-state index contributed by atoms with van der Waals surface area (Å²) in [6.07, 6.45) is 4.79. The monoisotopic (exact) mass is 246 g/mol. The van der Waals surface area contributed by atoms with Gasteiger partial charge in [-0.3, -0.25) is 0 Å². The van der Waals surface area contributed by atoms with Crippen LogP contribution in [0.15, 0.2) is 68.1 Å². The van der Waals surface area contributed by atoms with Crippen LogP contribution in [-0.2, 0) is 0 Å². The zero-order valence-corrected chi connectivity index (χ0v) is 11.1. The zero-order chi connectivity index (χ0) is 11.2. The van der Waals surface area contributed by atoms with E-state index in [-0.39, 0.29) is 0 Å². The molecule has 1 aliphatic rings. The molecule has 0 spiro atoms. The molecule has 2 aromatic carbocycles. The first-order valence-electron chi connectivity index (χ1n) is 5.29. The molecule has 0 radical (unpaired) electrons. The highest BCUT2D eigenvalue weighted by Gasteiger charge is 2.28. The van der Waals surface area contributed by atoms with Gasteiger partial charge in [0.1, 0.15) is 0 Å². The lowest BCUT2D eigenvalue weighted by molar-refractivity contribution is 1.13. The van der Waals surface area contributed by atoms with Crippen LogP contribution in [0.2, 0.25) is 0 Å². The first-order chi connectivity index (χ1) is 7.69. The van der Waals surface area contributed by atoms with Gasteiger partial charge in [-0.05, 0) is 36.8 Å². The molecule has 2 heteroatoms. The molecule has 0 unspecified atom stereocenters. The maximum atomic E-state index is 2.39. The molecular formula is C14H14S2. The fourth-order valence-corrected chi connectivity index (χ4v) is 6.73. The van der Waals surface area contributed by atoms with Crippen LogP contribution < -0.4 is 0 Å². The fourth-order valence-electron chi connectivity index (χ4n) is 2.15. The van der Waals surface area contributed by atoms with E-state index in [4.69, 9.17) is 0 Å². The highest BCUT2D eigenvalue weighted by molar-refractivity contribution is 8.33. The van der Waals surface area contributed by atoms with Gasteiger partial charge in [-0.25, -0.2) is 0 Å². The lowest BCUT2D eigenvalue weighted by Gasteiger charge is -2.38. The van der Waals surface area contributed by atoms with Gasteiger partial charge in [0.15, 0.2) is 0 Å². The second-order valence-corrected chi connectivity index (χ2v) is 8.94. The van der Waals surface area contributed by atoms with Gasteiger partial charge in [0, 0.05) is 19.6 Å². The van der Waals surface area contributed by atoms with Gasteiger partial charge < -0.3 is 0 Å². The molecule has 2 aromatic rings. The second kappa shape index (κ2) is 3.57. The minimum atomic E-state index is -0.822.